The average molecular weight is 345 g/mol. The fourth-order valence-electron chi connectivity index (χ4n) is 2.31. The van der Waals surface area contributed by atoms with E-state index in [4.69, 9.17) is 0 Å². The lowest BCUT2D eigenvalue weighted by Gasteiger charge is -2.19. The Morgan fingerprint density at radius 1 is 1.05 bits per heavy atom. The largest absolute Gasteiger partial charge is 0.294 e. The molecule has 0 spiro atoms. The number of rotatable bonds is 3. The molecule has 21 heavy (non-hydrogen) atoms. The van der Waals surface area contributed by atoms with Gasteiger partial charge in [0.05, 0.1) is 0 Å². The number of carbonyl (C=O) groups is 1. The molecule has 0 aliphatic heterocycles. The Morgan fingerprint density at radius 2 is 1.67 bits per heavy atom. The van der Waals surface area contributed by atoms with Crippen LogP contribution in [0.2, 0.25) is 0 Å². The lowest BCUT2D eigenvalue weighted by atomic mass is 9.86. The topological polar surface area (TPSA) is 17.1 Å². The number of Topliss-reactive ketones (excluding diaryl/α,β-unsaturated/α-hetero) is 1. The molecule has 2 aromatic rings. The standard InChI is InChI=1S/C19H21BrO/c1-13-9-15(12-17(20)10-13)18(21)11-14-5-7-16(8-6-14)19(2,3)4/h5-10,12H,11H2,1-4H3. The van der Waals surface area contributed by atoms with Gasteiger partial charge < -0.3 is 0 Å². The summed E-state index contributed by atoms with van der Waals surface area (Å²) < 4.78 is 0.953. The molecule has 1 nitrogen and oxygen atoms in total. The molecule has 0 unspecified atom stereocenters. The summed E-state index contributed by atoms with van der Waals surface area (Å²) in [7, 11) is 0. The fourth-order valence-corrected chi connectivity index (χ4v) is 2.92. The van der Waals surface area contributed by atoms with E-state index in [2.05, 4.69) is 61.0 Å². The van der Waals surface area contributed by atoms with E-state index in [1.54, 1.807) is 0 Å². The van der Waals surface area contributed by atoms with Crippen LogP contribution in [0.1, 0.15) is 47.8 Å². The van der Waals surface area contributed by atoms with Crippen LogP contribution in [0.3, 0.4) is 0 Å². The molecule has 0 aromatic heterocycles. The van der Waals surface area contributed by atoms with Crippen molar-refractivity contribution in [1.82, 2.24) is 0 Å². The number of hydrogen-bond donors (Lipinski definition) is 0. The van der Waals surface area contributed by atoms with Crippen molar-refractivity contribution in [1.29, 1.82) is 0 Å². The van der Waals surface area contributed by atoms with E-state index in [0.29, 0.717) is 6.42 Å². The molecule has 0 bridgehead atoms. The molecule has 2 aromatic carbocycles. The predicted molar refractivity (Wildman–Crippen MR) is 92.1 cm³/mol. The molecular weight excluding hydrogens is 324 g/mol. The zero-order valence-corrected chi connectivity index (χ0v) is 14.6. The number of ketones is 1. The molecule has 0 radical (unpaired) electrons. The Morgan fingerprint density at radius 3 is 2.19 bits per heavy atom. The molecule has 0 aliphatic rings. The highest BCUT2D eigenvalue weighted by Gasteiger charge is 2.14. The zero-order valence-electron chi connectivity index (χ0n) is 13.0. The third-order valence-corrected chi connectivity index (χ3v) is 4.01. The molecular formula is C19H21BrO. The van der Waals surface area contributed by atoms with E-state index < -0.39 is 0 Å². The molecule has 0 atom stereocenters. The normalized spacial score (nSPS) is 11.5. The third-order valence-electron chi connectivity index (χ3n) is 3.55. The molecule has 0 saturated carbocycles. The quantitative estimate of drug-likeness (QED) is 0.673. The first kappa shape index (κ1) is 16.0. The molecule has 110 valence electrons. The van der Waals surface area contributed by atoms with Crippen LogP contribution in [0.25, 0.3) is 0 Å². The Kier molecular flexibility index (Phi) is 4.67. The van der Waals surface area contributed by atoms with Crippen molar-refractivity contribution in [2.24, 2.45) is 0 Å². The first-order valence-corrected chi connectivity index (χ1v) is 7.95. The zero-order chi connectivity index (χ0) is 15.6. The third kappa shape index (κ3) is 4.28. The summed E-state index contributed by atoms with van der Waals surface area (Å²) in [6, 6.07) is 14.2. The maximum atomic E-state index is 12.4. The van der Waals surface area contributed by atoms with Crippen LogP contribution in [0.15, 0.2) is 46.9 Å². The van der Waals surface area contributed by atoms with Crippen LogP contribution in [-0.2, 0) is 11.8 Å². The van der Waals surface area contributed by atoms with E-state index in [0.717, 1.165) is 21.2 Å². The summed E-state index contributed by atoms with van der Waals surface area (Å²) in [5, 5.41) is 0. The SMILES string of the molecule is Cc1cc(Br)cc(C(=O)Cc2ccc(C(C)(C)C)cc2)c1. The monoisotopic (exact) mass is 344 g/mol. The molecule has 0 N–H and O–H groups in total. The van der Waals surface area contributed by atoms with E-state index in [-0.39, 0.29) is 11.2 Å². The highest BCUT2D eigenvalue weighted by Crippen LogP contribution is 2.23. The van der Waals surface area contributed by atoms with Gasteiger partial charge in [0.25, 0.3) is 0 Å². The Bertz CT molecular complexity index is 628. The molecule has 0 heterocycles. The van der Waals surface area contributed by atoms with Gasteiger partial charge in [-0.15, -0.1) is 0 Å². The summed E-state index contributed by atoms with van der Waals surface area (Å²) >= 11 is 3.45. The van der Waals surface area contributed by atoms with Crippen LogP contribution < -0.4 is 0 Å². The minimum Gasteiger partial charge on any atom is -0.294 e. The van der Waals surface area contributed by atoms with Gasteiger partial charge in [0.2, 0.25) is 0 Å². The second-order valence-corrected chi connectivity index (χ2v) is 7.48. The van der Waals surface area contributed by atoms with E-state index in [1.807, 2.05) is 25.1 Å². The van der Waals surface area contributed by atoms with Crippen LogP contribution in [-0.4, -0.2) is 5.78 Å². The lowest BCUT2D eigenvalue weighted by Crippen LogP contribution is -2.11. The predicted octanol–water partition coefficient (Wildman–Crippen LogP) is 5.48. The second-order valence-electron chi connectivity index (χ2n) is 6.56. The molecule has 0 fully saturated rings. The van der Waals surface area contributed by atoms with Crippen LogP contribution in [0, 0.1) is 6.92 Å². The summed E-state index contributed by atoms with van der Waals surface area (Å²) in [5.41, 5.74) is 4.35. The van der Waals surface area contributed by atoms with E-state index >= 15 is 0 Å². The highest BCUT2D eigenvalue weighted by atomic mass is 79.9. The Labute approximate surface area is 135 Å². The summed E-state index contributed by atoms with van der Waals surface area (Å²) in [6.45, 7) is 8.58. The second kappa shape index (κ2) is 6.15. The van der Waals surface area contributed by atoms with Gasteiger partial charge in [0.1, 0.15) is 0 Å². The molecule has 2 heteroatoms. The van der Waals surface area contributed by atoms with Gasteiger partial charge >= 0.3 is 0 Å². The number of hydrogen-bond acceptors (Lipinski definition) is 1. The first-order valence-electron chi connectivity index (χ1n) is 7.15. The average Bonchev–Trinajstić information content (AvgIpc) is 2.37. The number of halogens is 1. The van der Waals surface area contributed by atoms with Crippen molar-refractivity contribution in [3.05, 3.63) is 69.2 Å². The Balaban J connectivity index is 2.16. The van der Waals surface area contributed by atoms with Gasteiger partial charge in [0.15, 0.2) is 5.78 Å². The highest BCUT2D eigenvalue weighted by molar-refractivity contribution is 9.10. The van der Waals surface area contributed by atoms with Crippen molar-refractivity contribution in [2.45, 2.75) is 39.5 Å². The Hall–Kier alpha value is -1.41. The first-order chi connectivity index (χ1) is 9.75. The van der Waals surface area contributed by atoms with Gasteiger partial charge in [-0.2, -0.15) is 0 Å². The van der Waals surface area contributed by atoms with E-state index in [1.165, 1.54) is 5.56 Å². The van der Waals surface area contributed by atoms with E-state index in [9.17, 15) is 4.79 Å². The molecule has 0 aliphatic carbocycles. The van der Waals surface area contributed by atoms with Crippen LogP contribution in [0.4, 0.5) is 0 Å². The summed E-state index contributed by atoms with van der Waals surface area (Å²) in [6.07, 6.45) is 0.445. The molecule has 0 saturated heterocycles. The smallest absolute Gasteiger partial charge is 0.167 e. The fraction of sp³-hybridized carbons (Fsp3) is 0.316. The molecule has 0 amide bonds. The van der Waals surface area contributed by atoms with Crippen molar-refractivity contribution in [2.75, 3.05) is 0 Å². The van der Waals surface area contributed by atoms with Gasteiger partial charge in [0, 0.05) is 16.5 Å². The van der Waals surface area contributed by atoms with Crippen LogP contribution >= 0.6 is 15.9 Å². The number of aryl methyl sites for hydroxylation is 1. The van der Waals surface area contributed by atoms with Crippen molar-refractivity contribution in [3.8, 4) is 0 Å². The lowest BCUT2D eigenvalue weighted by molar-refractivity contribution is 0.0993. The minimum absolute atomic E-state index is 0.143. The van der Waals surface area contributed by atoms with Crippen molar-refractivity contribution < 1.29 is 4.79 Å². The molecule has 2 rings (SSSR count). The van der Waals surface area contributed by atoms with Gasteiger partial charge in [-0.1, -0.05) is 61.0 Å². The number of carbonyl (C=O) groups excluding carboxylic acids is 1. The maximum absolute atomic E-state index is 12.4. The maximum Gasteiger partial charge on any atom is 0.167 e. The number of benzene rings is 2. The van der Waals surface area contributed by atoms with Gasteiger partial charge in [-0.3, -0.25) is 4.79 Å². The van der Waals surface area contributed by atoms with Gasteiger partial charge in [-0.25, -0.2) is 0 Å². The van der Waals surface area contributed by atoms with Crippen molar-refractivity contribution >= 4 is 21.7 Å². The van der Waals surface area contributed by atoms with Gasteiger partial charge in [-0.05, 0) is 47.2 Å². The van der Waals surface area contributed by atoms with Crippen molar-refractivity contribution in [3.63, 3.8) is 0 Å². The minimum atomic E-state index is 0.143. The summed E-state index contributed by atoms with van der Waals surface area (Å²) in [5.74, 6) is 0.155. The van der Waals surface area contributed by atoms with Crippen LogP contribution in [0.5, 0.6) is 0 Å². The summed E-state index contributed by atoms with van der Waals surface area (Å²) in [4.78, 5) is 12.4.